The summed E-state index contributed by atoms with van der Waals surface area (Å²) in [5.41, 5.74) is 1.23. The maximum Gasteiger partial charge on any atom is 0.127 e. The average Bonchev–Trinajstić information content (AvgIpc) is 2.16. The van der Waals surface area contributed by atoms with Crippen LogP contribution in [0.5, 0.6) is 0 Å². The smallest absolute Gasteiger partial charge is 0.127 e. The second-order valence-corrected chi connectivity index (χ2v) is 3.26. The fourth-order valence-electron chi connectivity index (χ4n) is 1.13. The molecule has 66 valence electrons. The van der Waals surface area contributed by atoms with E-state index in [1.165, 1.54) is 0 Å². The number of benzene rings is 1. The molecule has 0 amide bonds. The van der Waals surface area contributed by atoms with E-state index < -0.39 is 0 Å². The molecule has 1 aromatic rings. The number of hydrogen-bond acceptors (Lipinski definition) is 3. The van der Waals surface area contributed by atoms with Crippen LogP contribution in [0.4, 0.5) is 0 Å². The lowest BCUT2D eigenvalue weighted by molar-refractivity contribution is -0.108. The molecule has 0 bridgehead atoms. The number of carbonyl (C=O) groups excluding carboxylic acids is 1. The van der Waals surface area contributed by atoms with Gasteiger partial charge >= 0.3 is 0 Å². The van der Waals surface area contributed by atoms with Crippen molar-refractivity contribution in [2.75, 3.05) is 0 Å². The summed E-state index contributed by atoms with van der Waals surface area (Å²) in [5, 5.41) is 8.83. The first kappa shape index (κ1) is 9.82. The first-order valence-electron chi connectivity index (χ1n) is 3.88. The van der Waals surface area contributed by atoms with Gasteiger partial charge in [0.25, 0.3) is 0 Å². The van der Waals surface area contributed by atoms with Gasteiger partial charge in [-0.15, -0.1) is 12.6 Å². The average molecular weight is 191 g/mol. The van der Waals surface area contributed by atoms with Gasteiger partial charge < -0.3 is 4.79 Å². The molecule has 0 aliphatic heterocycles. The first-order chi connectivity index (χ1) is 6.20. The van der Waals surface area contributed by atoms with Gasteiger partial charge in [0.1, 0.15) is 12.4 Å². The maximum atomic E-state index is 10.6. The molecular weight excluding hydrogens is 182 g/mol. The second kappa shape index (κ2) is 4.11. The Hall–Kier alpha value is -1.27. The Kier molecular flexibility index (Phi) is 3.10. The van der Waals surface area contributed by atoms with Crippen molar-refractivity contribution in [3.63, 3.8) is 0 Å². The molecule has 1 unspecified atom stereocenters. The van der Waals surface area contributed by atoms with Crippen molar-refractivity contribution in [1.29, 1.82) is 5.26 Å². The van der Waals surface area contributed by atoms with Gasteiger partial charge in [0, 0.05) is 10.8 Å². The molecule has 1 atom stereocenters. The minimum atomic E-state index is -0.248. The minimum absolute atomic E-state index is 0.248. The molecule has 0 heterocycles. The minimum Gasteiger partial charge on any atom is -0.303 e. The number of nitriles is 1. The van der Waals surface area contributed by atoms with Gasteiger partial charge in [-0.25, -0.2) is 0 Å². The molecule has 0 saturated heterocycles. The molecule has 13 heavy (non-hydrogen) atoms. The Morgan fingerprint density at radius 3 is 2.85 bits per heavy atom. The Bertz CT molecular complexity index is 368. The molecule has 2 nitrogen and oxygen atoms in total. The van der Waals surface area contributed by atoms with Crippen LogP contribution in [0.15, 0.2) is 23.1 Å². The second-order valence-electron chi connectivity index (χ2n) is 2.78. The number of nitrogens with zero attached hydrogens (tertiary/aromatic N) is 1. The Morgan fingerprint density at radius 1 is 1.62 bits per heavy atom. The van der Waals surface area contributed by atoms with Crippen molar-refractivity contribution in [1.82, 2.24) is 0 Å². The lowest BCUT2D eigenvalue weighted by atomic mass is 9.97. The van der Waals surface area contributed by atoms with Crippen LogP contribution in [-0.4, -0.2) is 6.29 Å². The maximum absolute atomic E-state index is 10.6. The zero-order valence-electron chi connectivity index (χ0n) is 7.19. The van der Waals surface area contributed by atoms with Gasteiger partial charge in [-0.3, -0.25) is 0 Å². The third kappa shape index (κ3) is 1.90. The van der Waals surface area contributed by atoms with Crippen molar-refractivity contribution < 1.29 is 4.79 Å². The zero-order valence-corrected chi connectivity index (χ0v) is 8.08. The van der Waals surface area contributed by atoms with Gasteiger partial charge in [-0.2, -0.15) is 5.26 Å². The molecule has 1 aromatic carbocycles. The van der Waals surface area contributed by atoms with Crippen LogP contribution in [0.3, 0.4) is 0 Å². The normalized spacial score (nSPS) is 11.8. The quantitative estimate of drug-likeness (QED) is 0.574. The van der Waals surface area contributed by atoms with Gasteiger partial charge in [-0.05, 0) is 11.6 Å². The molecule has 0 aliphatic rings. The lowest BCUT2D eigenvalue weighted by Gasteiger charge is -2.07. The van der Waals surface area contributed by atoms with Crippen molar-refractivity contribution in [2.24, 2.45) is 0 Å². The summed E-state index contributed by atoms with van der Waals surface area (Å²) in [6, 6.07) is 7.35. The molecule has 0 aliphatic carbocycles. The van der Waals surface area contributed by atoms with Crippen LogP contribution in [0, 0.1) is 11.3 Å². The molecule has 0 aromatic heterocycles. The predicted molar refractivity (Wildman–Crippen MR) is 52.9 cm³/mol. The van der Waals surface area contributed by atoms with E-state index in [-0.39, 0.29) is 5.92 Å². The van der Waals surface area contributed by atoms with Crippen LogP contribution < -0.4 is 0 Å². The third-order valence-electron chi connectivity index (χ3n) is 1.88. The fourth-order valence-corrected chi connectivity index (χ4v) is 1.40. The van der Waals surface area contributed by atoms with Crippen molar-refractivity contribution in [3.05, 3.63) is 29.3 Å². The van der Waals surface area contributed by atoms with E-state index in [4.69, 9.17) is 5.26 Å². The van der Waals surface area contributed by atoms with Crippen molar-refractivity contribution in [3.8, 4) is 6.07 Å². The molecule has 1 rings (SSSR count). The third-order valence-corrected chi connectivity index (χ3v) is 2.25. The number of rotatable bonds is 2. The standard InChI is InChI=1S/C10H9NOS/c1-7(6-12)8-3-2-4-10(13)9(8)5-11/h2-4,6-7,13H,1H3. The highest BCUT2D eigenvalue weighted by molar-refractivity contribution is 7.80. The largest absolute Gasteiger partial charge is 0.303 e. The highest BCUT2D eigenvalue weighted by Crippen LogP contribution is 2.23. The summed E-state index contributed by atoms with van der Waals surface area (Å²) >= 11 is 4.14. The molecule has 0 N–H and O–H groups in total. The zero-order chi connectivity index (χ0) is 9.84. The summed E-state index contributed by atoms with van der Waals surface area (Å²) < 4.78 is 0. The highest BCUT2D eigenvalue weighted by Gasteiger charge is 2.10. The Morgan fingerprint density at radius 2 is 2.31 bits per heavy atom. The van der Waals surface area contributed by atoms with E-state index in [1.807, 2.05) is 6.07 Å². The van der Waals surface area contributed by atoms with Crippen LogP contribution in [0.25, 0.3) is 0 Å². The van der Waals surface area contributed by atoms with Crippen molar-refractivity contribution in [2.45, 2.75) is 17.7 Å². The summed E-state index contributed by atoms with van der Waals surface area (Å²) in [5.74, 6) is -0.248. The van der Waals surface area contributed by atoms with Gasteiger partial charge in [-0.1, -0.05) is 19.1 Å². The Labute approximate surface area is 82.6 Å². The van der Waals surface area contributed by atoms with E-state index in [9.17, 15) is 4.79 Å². The van der Waals surface area contributed by atoms with Gasteiger partial charge in [0.05, 0.1) is 5.56 Å². The summed E-state index contributed by atoms with van der Waals surface area (Å²) in [4.78, 5) is 11.2. The number of carbonyl (C=O) groups is 1. The summed E-state index contributed by atoms with van der Waals surface area (Å²) in [6.45, 7) is 1.76. The topological polar surface area (TPSA) is 40.9 Å². The lowest BCUT2D eigenvalue weighted by Crippen LogP contribution is -1.98. The monoisotopic (exact) mass is 191 g/mol. The van der Waals surface area contributed by atoms with E-state index in [1.54, 1.807) is 25.1 Å². The van der Waals surface area contributed by atoms with Crippen LogP contribution in [-0.2, 0) is 4.79 Å². The molecule has 0 radical (unpaired) electrons. The van der Waals surface area contributed by atoms with Gasteiger partial charge in [0.2, 0.25) is 0 Å². The molecule has 3 heteroatoms. The van der Waals surface area contributed by atoms with E-state index in [0.717, 1.165) is 11.8 Å². The molecule has 0 spiro atoms. The van der Waals surface area contributed by atoms with Crippen LogP contribution in [0.2, 0.25) is 0 Å². The summed E-state index contributed by atoms with van der Waals surface area (Å²) in [7, 11) is 0. The molecule has 0 saturated carbocycles. The highest BCUT2D eigenvalue weighted by atomic mass is 32.1. The predicted octanol–water partition coefficient (Wildman–Crippen LogP) is 2.15. The molecule has 0 fully saturated rings. The number of hydrogen-bond donors (Lipinski definition) is 1. The van der Waals surface area contributed by atoms with E-state index >= 15 is 0 Å². The van der Waals surface area contributed by atoms with E-state index in [2.05, 4.69) is 12.6 Å². The van der Waals surface area contributed by atoms with Crippen molar-refractivity contribution >= 4 is 18.9 Å². The fraction of sp³-hybridized carbons (Fsp3) is 0.200. The number of thiol groups is 1. The van der Waals surface area contributed by atoms with Gasteiger partial charge in [0.15, 0.2) is 0 Å². The molecular formula is C10H9NOS. The summed E-state index contributed by atoms with van der Waals surface area (Å²) in [6.07, 6.45) is 0.823. The Balaban J connectivity index is 3.29. The SMILES string of the molecule is CC(C=O)c1cccc(S)c1C#N. The van der Waals surface area contributed by atoms with Crippen LogP contribution >= 0.6 is 12.6 Å². The van der Waals surface area contributed by atoms with E-state index in [0.29, 0.717) is 10.5 Å². The number of aldehydes is 1. The first-order valence-corrected chi connectivity index (χ1v) is 4.32. The van der Waals surface area contributed by atoms with Crippen LogP contribution in [0.1, 0.15) is 24.0 Å².